The molecule has 0 aromatic heterocycles. The van der Waals surface area contributed by atoms with Crippen LogP contribution in [-0.4, -0.2) is 35.7 Å². The Morgan fingerprint density at radius 2 is 1.71 bits per heavy atom. The van der Waals surface area contributed by atoms with E-state index in [1.165, 1.54) is 6.42 Å². The van der Waals surface area contributed by atoms with E-state index in [1.54, 1.807) is 12.0 Å². The highest BCUT2D eigenvalue weighted by atomic mass is 35.5. The van der Waals surface area contributed by atoms with Crippen LogP contribution in [0.15, 0.2) is 48.5 Å². The zero-order valence-electron chi connectivity index (χ0n) is 18.3. The molecule has 1 aliphatic carbocycles. The summed E-state index contributed by atoms with van der Waals surface area (Å²) in [7, 11) is 1.60. The number of amides is 2. The molecule has 0 aliphatic heterocycles. The molecule has 3 rings (SSSR count). The van der Waals surface area contributed by atoms with E-state index in [0.29, 0.717) is 12.3 Å². The fraction of sp³-hybridized carbons (Fsp3) is 0.440. The van der Waals surface area contributed by atoms with Gasteiger partial charge in [0, 0.05) is 12.6 Å². The molecule has 1 saturated carbocycles. The number of methoxy groups -OCH3 is 1. The molecule has 2 aromatic carbocycles. The molecule has 0 bridgehead atoms. The zero-order chi connectivity index (χ0) is 22.2. The number of carbonyl (C=O) groups is 2. The predicted octanol–water partition coefficient (Wildman–Crippen LogP) is 4.76. The van der Waals surface area contributed by atoms with Crippen LogP contribution in [0.25, 0.3) is 0 Å². The molecule has 166 valence electrons. The second-order valence-electron chi connectivity index (χ2n) is 8.16. The van der Waals surface area contributed by atoms with E-state index in [4.69, 9.17) is 16.3 Å². The monoisotopic (exact) mass is 442 g/mol. The molecule has 31 heavy (non-hydrogen) atoms. The number of hydrogen-bond donors (Lipinski definition) is 1. The van der Waals surface area contributed by atoms with Crippen LogP contribution in [0, 0.1) is 6.92 Å². The van der Waals surface area contributed by atoms with Crippen molar-refractivity contribution in [2.75, 3.05) is 13.0 Å². The average molecular weight is 443 g/mol. The minimum Gasteiger partial charge on any atom is -0.497 e. The van der Waals surface area contributed by atoms with Gasteiger partial charge in [-0.2, -0.15) is 0 Å². The summed E-state index contributed by atoms with van der Waals surface area (Å²) in [5, 5.41) is 3.19. The van der Waals surface area contributed by atoms with Gasteiger partial charge in [-0.05, 0) is 43.0 Å². The normalized spacial score (nSPS) is 15.2. The number of ether oxygens (including phenoxy) is 1. The number of alkyl halides is 1. The Balaban J connectivity index is 1.93. The Bertz CT molecular complexity index is 861. The first-order valence-corrected chi connectivity index (χ1v) is 11.4. The highest BCUT2D eigenvalue weighted by molar-refractivity contribution is 6.27. The maximum Gasteiger partial charge on any atom is 0.247 e. The van der Waals surface area contributed by atoms with Crippen molar-refractivity contribution in [2.45, 2.75) is 57.7 Å². The molecular weight excluding hydrogens is 412 g/mol. The van der Waals surface area contributed by atoms with Gasteiger partial charge >= 0.3 is 0 Å². The number of aryl methyl sites for hydroxylation is 1. The van der Waals surface area contributed by atoms with E-state index >= 15 is 0 Å². The van der Waals surface area contributed by atoms with Crippen molar-refractivity contribution in [3.8, 4) is 5.75 Å². The first kappa shape index (κ1) is 23.1. The van der Waals surface area contributed by atoms with E-state index in [2.05, 4.69) is 5.32 Å². The third-order valence-electron chi connectivity index (χ3n) is 5.85. The van der Waals surface area contributed by atoms with Crippen LogP contribution < -0.4 is 10.1 Å². The maximum atomic E-state index is 13.5. The van der Waals surface area contributed by atoms with E-state index in [0.717, 1.165) is 42.4 Å². The number of nitrogens with one attached hydrogen (secondary N) is 1. The van der Waals surface area contributed by atoms with Gasteiger partial charge in [0.2, 0.25) is 11.8 Å². The van der Waals surface area contributed by atoms with Crippen molar-refractivity contribution in [3.63, 3.8) is 0 Å². The molecule has 1 fully saturated rings. The highest BCUT2D eigenvalue weighted by Crippen LogP contribution is 2.27. The summed E-state index contributed by atoms with van der Waals surface area (Å²) < 4.78 is 5.26. The Kier molecular flexibility index (Phi) is 8.35. The van der Waals surface area contributed by atoms with Gasteiger partial charge in [-0.25, -0.2) is 0 Å². The number of hydrogen-bond acceptors (Lipinski definition) is 3. The van der Waals surface area contributed by atoms with E-state index < -0.39 is 6.04 Å². The minimum atomic E-state index is -0.764. The topological polar surface area (TPSA) is 58.6 Å². The molecule has 0 heterocycles. The fourth-order valence-electron chi connectivity index (χ4n) is 4.08. The summed E-state index contributed by atoms with van der Waals surface area (Å²) in [6.45, 7) is 2.32. The quantitative estimate of drug-likeness (QED) is 0.599. The van der Waals surface area contributed by atoms with Crippen molar-refractivity contribution in [1.82, 2.24) is 10.2 Å². The van der Waals surface area contributed by atoms with Crippen LogP contribution in [-0.2, 0) is 16.1 Å². The molecule has 1 atom stereocenters. The first-order valence-electron chi connectivity index (χ1n) is 10.9. The summed E-state index contributed by atoms with van der Waals surface area (Å²) in [5.74, 6) is 0.0725. The number of rotatable bonds is 8. The minimum absolute atomic E-state index is 0.148. The van der Waals surface area contributed by atoms with Crippen molar-refractivity contribution in [3.05, 3.63) is 65.2 Å². The van der Waals surface area contributed by atoms with Crippen molar-refractivity contribution >= 4 is 23.4 Å². The van der Waals surface area contributed by atoms with Crippen LogP contribution in [0.1, 0.15) is 54.8 Å². The van der Waals surface area contributed by atoms with E-state index in [9.17, 15) is 9.59 Å². The molecule has 2 aromatic rings. The third kappa shape index (κ3) is 6.23. The lowest BCUT2D eigenvalue weighted by Crippen LogP contribution is -2.47. The Morgan fingerprint density at radius 1 is 1.06 bits per heavy atom. The Labute approximate surface area is 189 Å². The number of benzene rings is 2. The molecule has 2 amide bonds. The molecule has 6 heteroatoms. The van der Waals surface area contributed by atoms with Crippen molar-refractivity contribution in [2.24, 2.45) is 0 Å². The molecule has 0 radical (unpaired) electrons. The van der Waals surface area contributed by atoms with Gasteiger partial charge in [0.1, 0.15) is 17.7 Å². The van der Waals surface area contributed by atoms with Gasteiger partial charge in [0.05, 0.1) is 7.11 Å². The average Bonchev–Trinajstić information content (AvgIpc) is 2.80. The van der Waals surface area contributed by atoms with E-state index in [-0.39, 0.29) is 23.7 Å². The summed E-state index contributed by atoms with van der Waals surface area (Å²) in [6, 6.07) is 14.7. The van der Waals surface area contributed by atoms with Gasteiger partial charge in [0.25, 0.3) is 0 Å². The lowest BCUT2D eigenvalue weighted by atomic mass is 9.94. The number of halogens is 1. The summed E-state index contributed by atoms with van der Waals surface area (Å²) in [4.78, 5) is 28.0. The van der Waals surface area contributed by atoms with Gasteiger partial charge in [-0.3, -0.25) is 9.59 Å². The van der Waals surface area contributed by atoms with Crippen LogP contribution in [0.3, 0.4) is 0 Å². The second-order valence-corrected chi connectivity index (χ2v) is 8.43. The molecule has 0 saturated heterocycles. The molecular formula is C25H31ClN2O3. The van der Waals surface area contributed by atoms with Crippen LogP contribution in [0.4, 0.5) is 0 Å². The molecule has 1 N–H and O–H groups in total. The Hall–Kier alpha value is -2.53. The maximum absolute atomic E-state index is 13.5. The van der Waals surface area contributed by atoms with Gasteiger partial charge in [-0.1, -0.05) is 61.2 Å². The largest absolute Gasteiger partial charge is 0.497 e. The molecule has 0 spiro atoms. The fourth-order valence-corrected chi connectivity index (χ4v) is 4.23. The predicted molar refractivity (Wildman–Crippen MR) is 123 cm³/mol. The second kappa shape index (κ2) is 11.2. The van der Waals surface area contributed by atoms with E-state index in [1.807, 2.05) is 55.5 Å². The number of carbonyl (C=O) groups excluding carboxylic acids is 2. The molecule has 0 unspecified atom stereocenters. The van der Waals surface area contributed by atoms with Crippen molar-refractivity contribution < 1.29 is 14.3 Å². The van der Waals surface area contributed by atoms with Gasteiger partial charge < -0.3 is 15.0 Å². The SMILES string of the molecule is COc1ccc([C@H](C(=O)NC2CCCCC2)N(Cc2ccc(C)cc2)C(=O)CCl)cc1. The smallest absolute Gasteiger partial charge is 0.247 e. The van der Waals surface area contributed by atoms with Crippen molar-refractivity contribution in [1.29, 1.82) is 0 Å². The zero-order valence-corrected chi connectivity index (χ0v) is 19.0. The standard InChI is InChI=1S/C25H31ClN2O3/c1-18-8-10-19(11-9-18)17-28(23(29)16-26)24(20-12-14-22(31-2)15-13-20)25(30)27-21-6-4-3-5-7-21/h8-15,21,24H,3-7,16-17H2,1-2H3,(H,27,30)/t24-/m1/s1. The first-order chi connectivity index (χ1) is 15.0. The molecule has 1 aliphatic rings. The van der Waals surface area contributed by atoms with Crippen LogP contribution in [0.5, 0.6) is 5.75 Å². The number of nitrogens with zero attached hydrogens (tertiary/aromatic N) is 1. The third-order valence-corrected chi connectivity index (χ3v) is 6.08. The summed E-state index contributed by atoms with van der Waals surface area (Å²) in [5.41, 5.74) is 2.83. The van der Waals surface area contributed by atoms with Crippen LogP contribution >= 0.6 is 11.6 Å². The highest BCUT2D eigenvalue weighted by Gasteiger charge is 2.32. The van der Waals surface area contributed by atoms with Gasteiger partial charge in [-0.15, -0.1) is 11.6 Å². The Morgan fingerprint density at radius 3 is 2.29 bits per heavy atom. The van der Waals surface area contributed by atoms with Crippen LogP contribution in [0.2, 0.25) is 0 Å². The summed E-state index contributed by atoms with van der Waals surface area (Å²) in [6.07, 6.45) is 5.39. The lowest BCUT2D eigenvalue weighted by Gasteiger charge is -2.33. The summed E-state index contributed by atoms with van der Waals surface area (Å²) >= 11 is 5.97. The van der Waals surface area contributed by atoms with Gasteiger partial charge in [0.15, 0.2) is 0 Å². The lowest BCUT2D eigenvalue weighted by molar-refractivity contribution is -0.140. The molecule has 5 nitrogen and oxygen atoms in total.